The molecule has 9 atom stereocenters. The molecule has 3 fully saturated rings. The number of aliphatic hydroxyl groups excluding tert-OH is 2. The van der Waals surface area contributed by atoms with Crippen LogP contribution in [0, 0.1) is 46.3 Å². The maximum absolute atomic E-state index is 11.8. The zero-order chi connectivity index (χ0) is 24.7. The second kappa shape index (κ2) is 10.3. The van der Waals surface area contributed by atoms with Gasteiger partial charge in [0.25, 0.3) is 0 Å². The molecule has 192 valence electrons. The van der Waals surface area contributed by atoms with Crippen molar-refractivity contribution in [3.8, 4) is 0 Å². The van der Waals surface area contributed by atoms with E-state index >= 15 is 0 Å². The summed E-state index contributed by atoms with van der Waals surface area (Å²) in [6.45, 7) is 16.0. The molecule has 0 unspecified atom stereocenters. The van der Waals surface area contributed by atoms with Gasteiger partial charge in [0.05, 0.1) is 12.2 Å². The molecule has 4 aliphatic carbocycles. The van der Waals surface area contributed by atoms with Gasteiger partial charge in [0.1, 0.15) is 0 Å². The van der Waals surface area contributed by atoms with E-state index in [1.165, 1.54) is 50.5 Å². The monoisotopic (exact) mass is 468 g/mol. The Morgan fingerprint density at radius 1 is 1.03 bits per heavy atom. The molecule has 2 N–H and O–H groups in total. The second-order valence-electron chi connectivity index (χ2n) is 13.4. The smallest absolute Gasteiger partial charge is 0.0689 e. The molecule has 4 aliphatic rings. The van der Waals surface area contributed by atoms with Gasteiger partial charge < -0.3 is 10.2 Å². The third-order valence-electron chi connectivity index (χ3n) is 11.1. The van der Waals surface area contributed by atoms with Gasteiger partial charge in [0.15, 0.2) is 0 Å². The summed E-state index contributed by atoms with van der Waals surface area (Å²) >= 11 is 0. The zero-order valence-electron chi connectivity index (χ0n) is 22.7. The topological polar surface area (TPSA) is 40.5 Å². The van der Waals surface area contributed by atoms with Crippen molar-refractivity contribution in [3.63, 3.8) is 0 Å². The number of hydrogen-bond acceptors (Lipinski definition) is 2. The molecule has 0 aromatic heterocycles. The Morgan fingerprint density at radius 2 is 1.79 bits per heavy atom. The van der Waals surface area contributed by atoms with E-state index in [1.807, 2.05) is 6.08 Å². The SMILES string of the molecule is C=CCCC[C@H]1[C@H](O)CC2=CC=C3[C@@H]4CC[C@H]([C@H](C)CCCC(C)C)[C@@]4(C)CC[C@@H]3[C@@]2(C)[C@H]1O. The summed E-state index contributed by atoms with van der Waals surface area (Å²) in [6, 6.07) is 0. The fourth-order valence-corrected chi connectivity index (χ4v) is 9.06. The first kappa shape index (κ1) is 26.2. The average Bonchev–Trinajstić information content (AvgIpc) is 3.14. The molecule has 3 saturated carbocycles. The van der Waals surface area contributed by atoms with Crippen molar-refractivity contribution in [2.45, 2.75) is 117 Å². The predicted molar refractivity (Wildman–Crippen MR) is 143 cm³/mol. The van der Waals surface area contributed by atoms with Crippen molar-refractivity contribution in [1.82, 2.24) is 0 Å². The molecular weight excluding hydrogens is 416 g/mol. The second-order valence-corrected chi connectivity index (χ2v) is 13.4. The number of fused-ring (bicyclic) bond motifs is 5. The normalized spacial score (nSPS) is 42.4. The lowest BCUT2D eigenvalue weighted by atomic mass is 9.48. The number of rotatable bonds is 9. The summed E-state index contributed by atoms with van der Waals surface area (Å²) in [6.07, 6.45) is 18.7. The van der Waals surface area contributed by atoms with Crippen LogP contribution < -0.4 is 0 Å². The van der Waals surface area contributed by atoms with Crippen LogP contribution in [0.5, 0.6) is 0 Å². The highest BCUT2D eigenvalue weighted by atomic mass is 16.3. The van der Waals surface area contributed by atoms with E-state index in [-0.39, 0.29) is 11.3 Å². The van der Waals surface area contributed by atoms with Crippen molar-refractivity contribution in [3.05, 3.63) is 36.0 Å². The molecule has 2 nitrogen and oxygen atoms in total. The molecule has 0 heterocycles. The molecule has 0 radical (unpaired) electrons. The minimum Gasteiger partial charge on any atom is -0.392 e. The Morgan fingerprint density at radius 3 is 2.50 bits per heavy atom. The fourth-order valence-electron chi connectivity index (χ4n) is 9.06. The summed E-state index contributed by atoms with van der Waals surface area (Å²) in [4.78, 5) is 0. The largest absolute Gasteiger partial charge is 0.392 e. The Labute approximate surface area is 210 Å². The van der Waals surface area contributed by atoms with Gasteiger partial charge in [-0.15, -0.1) is 6.58 Å². The molecular formula is C32H52O2. The maximum atomic E-state index is 11.8. The molecule has 4 rings (SSSR count). The van der Waals surface area contributed by atoms with E-state index in [4.69, 9.17) is 0 Å². The maximum Gasteiger partial charge on any atom is 0.0689 e. The van der Waals surface area contributed by atoms with Crippen molar-refractivity contribution in [2.24, 2.45) is 46.3 Å². The quantitative estimate of drug-likeness (QED) is 0.267. The first-order valence-corrected chi connectivity index (χ1v) is 14.5. The van der Waals surface area contributed by atoms with Gasteiger partial charge in [-0.05, 0) is 86.4 Å². The zero-order valence-corrected chi connectivity index (χ0v) is 22.7. The van der Waals surface area contributed by atoms with E-state index in [0.717, 1.165) is 43.4 Å². The highest BCUT2D eigenvalue weighted by Crippen LogP contribution is 2.66. The molecule has 0 spiro atoms. The van der Waals surface area contributed by atoms with Crippen LogP contribution >= 0.6 is 0 Å². The van der Waals surface area contributed by atoms with E-state index in [9.17, 15) is 10.2 Å². The van der Waals surface area contributed by atoms with E-state index in [1.54, 1.807) is 5.57 Å². The summed E-state index contributed by atoms with van der Waals surface area (Å²) < 4.78 is 0. The number of aliphatic hydroxyl groups is 2. The van der Waals surface area contributed by atoms with Crippen LogP contribution in [0.3, 0.4) is 0 Å². The van der Waals surface area contributed by atoms with Gasteiger partial charge >= 0.3 is 0 Å². The molecule has 0 aliphatic heterocycles. The van der Waals surface area contributed by atoms with E-state index < -0.39 is 12.2 Å². The Hall–Kier alpha value is -0.860. The van der Waals surface area contributed by atoms with Crippen LogP contribution in [-0.4, -0.2) is 22.4 Å². The van der Waals surface area contributed by atoms with Crippen LogP contribution in [0.2, 0.25) is 0 Å². The summed E-state index contributed by atoms with van der Waals surface area (Å²) in [5.41, 5.74) is 3.12. The van der Waals surface area contributed by atoms with E-state index in [0.29, 0.717) is 17.3 Å². The van der Waals surface area contributed by atoms with Crippen molar-refractivity contribution >= 4 is 0 Å². The van der Waals surface area contributed by atoms with Gasteiger partial charge in [-0.25, -0.2) is 0 Å². The standard InChI is InChI=1S/C32H52O2/c1-7-8-9-13-25-29(33)20-23-14-15-24-27-17-16-26(22(4)12-10-11-21(2)3)31(27,5)19-18-28(24)32(23,6)30(25)34/h7,14-15,21-22,25-30,33-34H,1,8-13,16-20H2,2-6H3/t22-,25+,26-,27+,28+,29-,30+,31-,32+/m1/s1. The lowest BCUT2D eigenvalue weighted by Crippen LogP contribution is -2.56. The minimum atomic E-state index is -0.461. The Balaban J connectivity index is 1.54. The fraction of sp³-hybridized carbons (Fsp3) is 0.812. The van der Waals surface area contributed by atoms with Crippen LogP contribution in [0.25, 0.3) is 0 Å². The van der Waals surface area contributed by atoms with Gasteiger partial charge in [-0.1, -0.05) is 83.3 Å². The molecule has 0 bridgehead atoms. The summed E-state index contributed by atoms with van der Waals surface area (Å²) in [5.74, 6) is 3.52. The predicted octanol–water partition coefficient (Wildman–Crippen LogP) is 7.86. The van der Waals surface area contributed by atoms with Crippen LogP contribution in [0.15, 0.2) is 36.0 Å². The molecule has 0 amide bonds. The third-order valence-corrected chi connectivity index (χ3v) is 11.1. The Bertz CT molecular complexity index is 793. The van der Waals surface area contributed by atoms with Crippen LogP contribution in [-0.2, 0) is 0 Å². The van der Waals surface area contributed by atoms with Gasteiger partial charge in [0, 0.05) is 11.3 Å². The highest BCUT2D eigenvalue weighted by molar-refractivity contribution is 5.40. The first-order chi connectivity index (χ1) is 16.1. The minimum absolute atomic E-state index is 0.0212. The Kier molecular flexibility index (Phi) is 7.90. The molecule has 34 heavy (non-hydrogen) atoms. The van der Waals surface area contributed by atoms with Crippen LogP contribution in [0.4, 0.5) is 0 Å². The third kappa shape index (κ3) is 4.40. The van der Waals surface area contributed by atoms with E-state index in [2.05, 4.69) is 53.3 Å². The molecule has 0 saturated heterocycles. The number of allylic oxidation sites excluding steroid dienone is 4. The summed E-state index contributed by atoms with van der Waals surface area (Å²) in [7, 11) is 0. The molecule has 0 aromatic rings. The van der Waals surface area contributed by atoms with Crippen LogP contribution in [0.1, 0.15) is 105 Å². The molecule has 0 aromatic carbocycles. The van der Waals surface area contributed by atoms with Crippen molar-refractivity contribution in [2.75, 3.05) is 0 Å². The van der Waals surface area contributed by atoms with Gasteiger partial charge in [0.2, 0.25) is 0 Å². The first-order valence-electron chi connectivity index (χ1n) is 14.5. The van der Waals surface area contributed by atoms with Gasteiger partial charge in [-0.2, -0.15) is 0 Å². The lowest BCUT2D eigenvalue weighted by molar-refractivity contribution is -0.0999. The number of hydrogen-bond donors (Lipinski definition) is 2. The molecule has 2 heteroatoms. The average molecular weight is 469 g/mol. The van der Waals surface area contributed by atoms with Crippen molar-refractivity contribution < 1.29 is 10.2 Å². The van der Waals surface area contributed by atoms with Crippen molar-refractivity contribution in [1.29, 1.82) is 0 Å². The van der Waals surface area contributed by atoms with Gasteiger partial charge in [-0.3, -0.25) is 0 Å². The lowest BCUT2D eigenvalue weighted by Gasteiger charge is -2.58. The highest BCUT2D eigenvalue weighted by Gasteiger charge is 2.60. The number of unbranched alkanes of at least 4 members (excludes halogenated alkanes) is 1. The summed E-state index contributed by atoms with van der Waals surface area (Å²) in [5, 5.41) is 22.7.